The van der Waals surface area contributed by atoms with E-state index in [1.165, 1.54) is 11.9 Å². The molecule has 0 bridgehead atoms. The number of hydrogen-bond donors (Lipinski definition) is 0. The predicted octanol–water partition coefficient (Wildman–Crippen LogP) is 11.6. The highest BCUT2D eigenvalue weighted by molar-refractivity contribution is 7.73. The smallest absolute Gasteiger partial charge is 0.334 e. The molecule has 0 aliphatic rings. The maximum Gasteiger partial charge on any atom is 0.416 e. The lowest BCUT2D eigenvalue weighted by atomic mass is 9.87. The molecule has 266 valence electrons. The zero-order valence-corrected chi connectivity index (χ0v) is 29.3. The van der Waals surface area contributed by atoms with Crippen molar-refractivity contribution in [2.24, 2.45) is 0 Å². The Kier molecular flexibility index (Phi) is 9.84. The zero-order valence-electron chi connectivity index (χ0n) is 28.4. The molecule has 53 heavy (non-hydrogen) atoms. The minimum atomic E-state index is -5.11. The fraction of sp³-hybridized carbons (Fsp3) is 0.114. The second-order valence-corrected chi connectivity index (χ2v) is 15.0. The summed E-state index contributed by atoms with van der Waals surface area (Å²) in [6.45, 7) is 0. The molecule has 0 unspecified atom stereocenters. The van der Waals surface area contributed by atoms with Gasteiger partial charge in [0.05, 0.1) is 17.2 Å². The second kappa shape index (κ2) is 14.5. The largest absolute Gasteiger partial charge is 0.416 e. The molecule has 0 saturated carbocycles. The first kappa shape index (κ1) is 35.9. The number of nitrogens with zero attached hydrogens (tertiary/aromatic N) is 1. The van der Waals surface area contributed by atoms with Crippen molar-refractivity contribution in [3.63, 3.8) is 0 Å². The Bertz CT molecular complexity index is 2280. The normalized spacial score (nSPS) is 12.7. The molecule has 1 atom stereocenters. The Morgan fingerprint density at radius 2 is 1.04 bits per heavy atom. The second-order valence-electron chi connectivity index (χ2n) is 12.8. The van der Waals surface area contributed by atoms with Crippen LogP contribution in [0.3, 0.4) is 0 Å². The summed E-state index contributed by atoms with van der Waals surface area (Å²) in [5, 5.41) is 5.94. The Labute approximate surface area is 304 Å². The molecule has 7 rings (SSSR count). The van der Waals surface area contributed by atoms with Crippen molar-refractivity contribution in [1.82, 2.24) is 4.90 Å². The van der Waals surface area contributed by atoms with E-state index in [9.17, 15) is 31.1 Å². The highest BCUT2D eigenvalue weighted by atomic mass is 31.1. The van der Waals surface area contributed by atoms with Gasteiger partial charge in [-0.25, -0.2) is 0 Å². The summed E-state index contributed by atoms with van der Waals surface area (Å²) in [6, 6.07) is 45.4. The van der Waals surface area contributed by atoms with Crippen LogP contribution in [0.2, 0.25) is 0 Å². The molecule has 9 heteroatoms. The van der Waals surface area contributed by atoms with E-state index in [1.807, 2.05) is 133 Å². The van der Waals surface area contributed by atoms with E-state index >= 15 is 0 Å². The van der Waals surface area contributed by atoms with E-state index in [1.54, 1.807) is 0 Å². The van der Waals surface area contributed by atoms with Crippen molar-refractivity contribution < 1.29 is 31.1 Å². The number of amides is 1. The fourth-order valence-corrected chi connectivity index (χ4v) is 9.49. The molecule has 7 aromatic carbocycles. The Balaban J connectivity index is 1.46. The van der Waals surface area contributed by atoms with Gasteiger partial charge in [0, 0.05) is 18.8 Å². The van der Waals surface area contributed by atoms with Crippen molar-refractivity contribution in [3.05, 3.63) is 180 Å². The Hall–Kier alpha value is -5.46. The van der Waals surface area contributed by atoms with Gasteiger partial charge in [-0.05, 0) is 81.0 Å². The maximum atomic E-state index is 14.4. The molecule has 0 radical (unpaired) electrons. The van der Waals surface area contributed by atoms with Gasteiger partial charge in [0.1, 0.15) is 0 Å². The minimum absolute atomic E-state index is 0.0409. The average Bonchev–Trinajstić information content (AvgIpc) is 3.17. The standard InChI is InChI=1S/C44H32F6NOP/c1-51(42(52)31-25-32(43(45,46)47)27-33(26-31)44(48,49)50)40(28-53(34-16-4-2-5-17-34)35-18-6-3-7-19-35)38-22-12-13-23-39(38)41-36-20-10-8-14-29(36)24-30-15-9-11-21-37(30)41/h2-27,40H,28H2,1H3/t40-/m1/s1. The van der Waals surface area contributed by atoms with Crippen LogP contribution in [0.5, 0.6) is 0 Å². The summed E-state index contributed by atoms with van der Waals surface area (Å²) in [5.41, 5.74) is -1.34. The average molecular weight is 736 g/mol. The van der Waals surface area contributed by atoms with Crippen LogP contribution in [0.4, 0.5) is 26.3 Å². The van der Waals surface area contributed by atoms with Gasteiger partial charge >= 0.3 is 12.4 Å². The molecular weight excluding hydrogens is 703 g/mol. The number of carbonyl (C=O) groups excluding carboxylic acids is 1. The van der Waals surface area contributed by atoms with Crippen LogP contribution in [-0.2, 0) is 12.4 Å². The summed E-state index contributed by atoms with van der Waals surface area (Å²) in [6.07, 6.45) is -9.88. The van der Waals surface area contributed by atoms with Crippen LogP contribution >= 0.6 is 7.92 Å². The maximum absolute atomic E-state index is 14.4. The number of carbonyl (C=O) groups is 1. The fourth-order valence-electron chi connectivity index (χ4n) is 6.92. The van der Waals surface area contributed by atoms with E-state index < -0.39 is 48.9 Å². The van der Waals surface area contributed by atoms with Crippen molar-refractivity contribution >= 4 is 46.0 Å². The number of hydrogen-bond acceptors (Lipinski definition) is 1. The Morgan fingerprint density at radius 3 is 1.55 bits per heavy atom. The van der Waals surface area contributed by atoms with E-state index in [2.05, 4.69) is 6.07 Å². The van der Waals surface area contributed by atoms with E-state index in [4.69, 9.17) is 0 Å². The molecule has 0 N–H and O–H groups in total. The monoisotopic (exact) mass is 735 g/mol. The highest BCUT2D eigenvalue weighted by Crippen LogP contribution is 2.46. The third kappa shape index (κ3) is 7.42. The van der Waals surface area contributed by atoms with Gasteiger partial charge < -0.3 is 4.90 Å². The van der Waals surface area contributed by atoms with Gasteiger partial charge in [0.15, 0.2) is 0 Å². The van der Waals surface area contributed by atoms with Crippen LogP contribution in [0, 0.1) is 0 Å². The third-order valence-electron chi connectivity index (χ3n) is 9.47. The summed E-state index contributed by atoms with van der Waals surface area (Å²) in [7, 11) is 0.267. The van der Waals surface area contributed by atoms with Crippen molar-refractivity contribution in [3.8, 4) is 11.1 Å². The molecule has 0 aromatic heterocycles. The molecule has 0 heterocycles. The number of fused-ring (bicyclic) bond motifs is 2. The summed E-state index contributed by atoms with van der Waals surface area (Å²) in [4.78, 5) is 15.8. The molecular formula is C44H32F6NOP. The van der Waals surface area contributed by atoms with Gasteiger partial charge in [0.25, 0.3) is 5.91 Å². The molecule has 0 spiro atoms. The molecule has 7 aromatic rings. The van der Waals surface area contributed by atoms with Crippen LogP contribution in [0.15, 0.2) is 158 Å². The van der Waals surface area contributed by atoms with Crippen molar-refractivity contribution in [2.75, 3.05) is 13.2 Å². The molecule has 0 saturated heterocycles. The van der Waals surface area contributed by atoms with Gasteiger partial charge in [-0.1, -0.05) is 133 Å². The predicted molar refractivity (Wildman–Crippen MR) is 202 cm³/mol. The minimum Gasteiger partial charge on any atom is -0.334 e. The number of benzene rings is 7. The van der Waals surface area contributed by atoms with E-state index in [-0.39, 0.29) is 6.07 Å². The quantitative estimate of drug-likeness (QED) is 0.0865. The highest BCUT2D eigenvalue weighted by Gasteiger charge is 2.39. The van der Waals surface area contributed by atoms with Gasteiger partial charge in [0.2, 0.25) is 0 Å². The van der Waals surface area contributed by atoms with Gasteiger partial charge in [-0.15, -0.1) is 0 Å². The third-order valence-corrected chi connectivity index (χ3v) is 12.0. The van der Waals surface area contributed by atoms with Gasteiger partial charge in [-0.3, -0.25) is 4.79 Å². The van der Waals surface area contributed by atoms with Crippen LogP contribution < -0.4 is 10.6 Å². The number of alkyl halides is 6. The molecule has 1 amide bonds. The molecule has 0 aliphatic heterocycles. The molecule has 0 fully saturated rings. The first-order valence-corrected chi connectivity index (χ1v) is 18.4. The summed E-state index contributed by atoms with van der Waals surface area (Å²) in [5.74, 6) is -0.958. The van der Waals surface area contributed by atoms with Crippen LogP contribution in [-0.4, -0.2) is 24.0 Å². The van der Waals surface area contributed by atoms with Gasteiger partial charge in [-0.2, -0.15) is 26.3 Å². The van der Waals surface area contributed by atoms with Crippen LogP contribution in [0.25, 0.3) is 32.7 Å². The number of rotatable bonds is 8. The van der Waals surface area contributed by atoms with Crippen LogP contribution in [0.1, 0.15) is 33.1 Å². The molecule has 0 aliphatic carbocycles. The van der Waals surface area contributed by atoms with E-state index in [0.717, 1.165) is 43.3 Å². The SMILES string of the molecule is CN(C(=O)c1cc(C(F)(F)F)cc(C(F)(F)F)c1)[C@H](CP(c1ccccc1)c1ccccc1)c1ccccc1-c1c2ccccc2cc2ccccc12. The first-order chi connectivity index (χ1) is 25.4. The summed E-state index contributed by atoms with van der Waals surface area (Å²) < 4.78 is 83.9. The van der Waals surface area contributed by atoms with E-state index in [0.29, 0.717) is 23.9 Å². The zero-order chi connectivity index (χ0) is 37.3. The number of halogens is 6. The topological polar surface area (TPSA) is 20.3 Å². The lowest BCUT2D eigenvalue weighted by Gasteiger charge is -2.34. The lowest BCUT2D eigenvalue weighted by Crippen LogP contribution is -2.35. The Morgan fingerprint density at radius 1 is 0.585 bits per heavy atom. The lowest BCUT2D eigenvalue weighted by molar-refractivity contribution is -0.143. The summed E-state index contributed by atoms with van der Waals surface area (Å²) >= 11 is 0. The van der Waals surface area contributed by atoms with Crippen molar-refractivity contribution in [1.29, 1.82) is 0 Å². The first-order valence-electron chi connectivity index (χ1n) is 16.8. The van der Waals surface area contributed by atoms with Crippen molar-refractivity contribution in [2.45, 2.75) is 18.4 Å². The molecule has 2 nitrogen and oxygen atoms in total.